The monoisotopic (exact) mass is 540 g/mol. The van der Waals surface area contributed by atoms with E-state index in [2.05, 4.69) is 25.6 Å². The number of nitrogens with one attached hydrogen (secondary N) is 3. The Labute approximate surface area is 234 Å². The van der Waals surface area contributed by atoms with E-state index in [1.165, 1.54) is 0 Å². The van der Waals surface area contributed by atoms with E-state index in [0.717, 1.165) is 60.8 Å². The Morgan fingerprint density at radius 3 is 2.92 bits per heavy atom. The molecule has 0 radical (unpaired) electrons. The van der Waals surface area contributed by atoms with E-state index in [4.69, 9.17) is 4.74 Å². The SMILES string of the molecule is CC(=O)C1(C(=O)N/C=C/c2c[nH]c3cnc(OCc4ccccc4)cc23)CCCCC1NCCCn1ccnc1. The highest BCUT2D eigenvalue weighted by Crippen LogP contribution is 2.38. The van der Waals surface area contributed by atoms with Gasteiger partial charge < -0.3 is 24.9 Å². The molecule has 1 saturated carbocycles. The van der Waals surface area contributed by atoms with Crippen LogP contribution in [-0.2, 0) is 22.7 Å². The summed E-state index contributed by atoms with van der Waals surface area (Å²) < 4.78 is 7.92. The number of amides is 1. The van der Waals surface area contributed by atoms with Crippen LogP contribution >= 0.6 is 0 Å². The summed E-state index contributed by atoms with van der Waals surface area (Å²) in [6.45, 7) is 3.52. The summed E-state index contributed by atoms with van der Waals surface area (Å²) in [5, 5.41) is 7.39. The third kappa shape index (κ3) is 6.15. The molecule has 2 atom stereocenters. The van der Waals surface area contributed by atoms with Crippen LogP contribution in [0.5, 0.6) is 5.88 Å². The molecule has 9 nitrogen and oxygen atoms in total. The normalized spacial score (nSPS) is 19.2. The number of ketones is 1. The van der Waals surface area contributed by atoms with Crippen LogP contribution in [0.4, 0.5) is 0 Å². The Kier molecular flexibility index (Phi) is 8.71. The lowest BCUT2D eigenvalue weighted by molar-refractivity contribution is -0.144. The molecule has 40 heavy (non-hydrogen) atoms. The van der Waals surface area contributed by atoms with Gasteiger partial charge in [-0.2, -0.15) is 0 Å². The number of benzene rings is 1. The van der Waals surface area contributed by atoms with Crippen molar-refractivity contribution in [2.24, 2.45) is 5.41 Å². The summed E-state index contributed by atoms with van der Waals surface area (Å²) in [6.07, 6.45) is 16.6. The number of hydrogen-bond donors (Lipinski definition) is 3. The molecular formula is C31H36N6O3. The number of aromatic amines is 1. The van der Waals surface area contributed by atoms with Crippen molar-refractivity contribution in [2.75, 3.05) is 6.54 Å². The lowest BCUT2D eigenvalue weighted by Gasteiger charge is -2.41. The van der Waals surface area contributed by atoms with Crippen molar-refractivity contribution in [3.8, 4) is 5.88 Å². The van der Waals surface area contributed by atoms with Crippen molar-refractivity contribution in [3.05, 3.63) is 84.8 Å². The van der Waals surface area contributed by atoms with Gasteiger partial charge in [0.1, 0.15) is 17.8 Å². The molecule has 3 aromatic heterocycles. The highest BCUT2D eigenvalue weighted by molar-refractivity contribution is 6.06. The molecule has 1 aliphatic rings. The van der Waals surface area contributed by atoms with E-state index in [1.54, 1.807) is 31.8 Å². The summed E-state index contributed by atoms with van der Waals surface area (Å²) in [6, 6.07) is 11.6. The quantitative estimate of drug-likeness (QED) is 0.178. The predicted molar refractivity (Wildman–Crippen MR) is 154 cm³/mol. The van der Waals surface area contributed by atoms with E-state index in [9.17, 15) is 9.59 Å². The number of ether oxygens (including phenoxy) is 1. The Morgan fingerprint density at radius 2 is 2.12 bits per heavy atom. The van der Waals surface area contributed by atoms with Crippen LogP contribution in [0.2, 0.25) is 0 Å². The first-order chi connectivity index (χ1) is 19.6. The van der Waals surface area contributed by atoms with Crippen LogP contribution in [0.1, 0.15) is 50.2 Å². The van der Waals surface area contributed by atoms with E-state index in [1.807, 2.05) is 59.4 Å². The molecule has 1 aromatic carbocycles. The van der Waals surface area contributed by atoms with Crippen LogP contribution in [0.3, 0.4) is 0 Å². The van der Waals surface area contributed by atoms with Gasteiger partial charge in [-0.1, -0.05) is 43.2 Å². The molecule has 1 aliphatic carbocycles. The third-order valence-electron chi connectivity index (χ3n) is 7.77. The Bertz CT molecular complexity index is 1450. The van der Waals surface area contributed by atoms with Crippen molar-refractivity contribution in [1.29, 1.82) is 0 Å². The van der Waals surface area contributed by atoms with E-state index in [0.29, 0.717) is 18.9 Å². The number of imidazole rings is 1. The highest BCUT2D eigenvalue weighted by Gasteiger charge is 2.50. The Balaban J connectivity index is 1.24. The molecule has 3 N–H and O–H groups in total. The minimum atomic E-state index is -1.08. The van der Waals surface area contributed by atoms with Crippen molar-refractivity contribution >= 4 is 28.7 Å². The topological polar surface area (TPSA) is 114 Å². The molecule has 208 valence electrons. The van der Waals surface area contributed by atoms with Gasteiger partial charge in [0, 0.05) is 54.4 Å². The number of carbonyl (C=O) groups is 2. The average Bonchev–Trinajstić information content (AvgIpc) is 3.65. The number of aryl methyl sites for hydroxylation is 1. The molecule has 9 heteroatoms. The van der Waals surface area contributed by atoms with Crippen molar-refractivity contribution in [1.82, 2.24) is 30.2 Å². The minimum absolute atomic E-state index is 0.0939. The van der Waals surface area contributed by atoms with Crippen LogP contribution in [0, 0.1) is 5.41 Å². The third-order valence-corrected chi connectivity index (χ3v) is 7.77. The summed E-state index contributed by atoms with van der Waals surface area (Å²) in [5.41, 5.74) is 1.73. The molecular weight excluding hydrogens is 504 g/mol. The molecule has 3 heterocycles. The first kappa shape index (κ1) is 27.3. The minimum Gasteiger partial charge on any atom is -0.473 e. The summed E-state index contributed by atoms with van der Waals surface area (Å²) in [7, 11) is 0. The molecule has 5 rings (SSSR count). The first-order valence-electron chi connectivity index (χ1n) is 13.9. The molecule has 0 aliphatic heterocycles. The lowest BCUT2D eigenvalue weighted by atomic mass is 9.67. The van der Waals surface area contributed by atoms with Crippen molar-refractivity contribution < 1.29 is 14.3 Å². The number of aromatic nitrogens is 4. The molecule has 0 spiro atoms. The van der Waals surface area contributed by atoms with E-state index in [-0.39, 0.29) is 17.7 Å². The molecule has 0 saturated heterocycles. The number of rotatable bonds is 12. The fourth-order valence-electron chi connectivity index (χ4n) is 5.57. The first-order valence-corrected chi connectivity index (χ1v) is 13.9. The summed E-state index contributed by atoms with van der Waals surface area (Å²) in [5.74, 6) is 0.175. The van der Waals surface area contributed by atoms with Gasteiger partial charge in [0.15, 0.2) is 0 Å². The maximum absolute atomic E-state index is 13.6. The number of Topliss-reactive ketones (excluding diaryl/α,β-unsaturated/α-hetero) is 1. The van der Waals surface area contributed by atoms with Crippen LogP contribution in [0.25, 0.3) is 17.0 Å². The second kappa shape index (κ2) is 12.7. The zero-order valence-electron chi connectivity index (χ0n) is 22.8. The molecule has 1 fully saturated rings. The molecule has 2 unspecified atom stereocenters. The maximum Gasteiger partial charge on any atom is 0.239 e. The van der Waals surface area contributed by atoms with Gasteiger partial charge in [-0.3, -0.25) is 9.59 Å². The van der Waals surface area contributed by atoms with Gasteiger partial charge in [0.05, 0.1) is 18.0 Å². The second-order valence-electron chi connectivity index (χ2n) is 10.3. The Morgan fingerprint density at radius 1 is 1.25 bits per heavy atom. The second-order valence-corrected chi connectivity index (χ2v) is 10.3. The number of H-pyrrole nitrogens is 1. The van der Waals surface area contributed by atoms with E-state index < -0.39 is 5.41 Å². The summed E-state index contributed by atoms with van der Waals surface area (Å²) in [4.78, 5) is 38.3. The molecule has 1 amide bonds. The fraction of sp³-hybridized carbons (Fsp3) is 0.355. The average molecular weight is 541 g/mol. The number of hydrogen-bond acceptors (Lipinski definition) is 6. The van der Waals surface area contributed by atoms with Gasteiger partial charge in [0.2, 0.25) is 11.8 Å². The van der Waals surface area contributed by atoms with Gasteiger partial charge in [-0.25, -0.2) is 9.97 Å². The van der Waals surface area contributed by atoms with Crippen LogP contribution in [-0.4, -0.2) is 43.8 Å². The van der Waals surface area contributed by atoms with Gasteiger partial charge >= 0.3 is 0 Å². The van der Waals surface area contributed by atoms with Crippen LogP contribution < -0.4 is 15.4 Å². The van der Waals surface area contributed by atoms with Crippen molar-refractivity contribution in [3.63, 3.8) is 0 Å². The zero-order valence-corrected chi connectivity index (χ0v) is 22.8. The zero-order chi connectivity index (χ0) is 27.8. The maximum atomic E-state index is 13.6. The standard InChI is InChI=1S/C31H36N6O3/c1-23(38)31(12-6-5-10-28(31)33-13-7-16-37-17-15-32-22-37)30(39)34-14-11-25-19-35-27-20-36-29(18-26(25)27)40-21-24-8-3-2-4-9-24/h2-4,8-9,11,14-15,17-20,22,28,33,35H,5-7,10,12-13,16,21H2,1H3,(H,34,39)/b14-11+. The van der Waals surface area contributed by atoms with E-state index >= 15 is 0 Å². The smallest absolute Gasteiger partial charge is 0.239 e. The molecule has 4 aromatic rings. The lowest BCUT2D eigenvalue weighted by Crippen LogP contribution is -2.59. The largest absolute Gasteiger partial charge is 0.473 e. The van der Waals surface area contributed by atoms with Crippen molar-refractivity contribution in [2.45, 2.75) is 58.2 Å². The van der Waals surface area contributed by atoms with Gasteiger partial charge in [0.25, 0.3) is 0 Å². The predicted octanol–water partition coefficient (Wildman–Crippen LogP) is 4.62. The summed E-state index contributed by atoms with van der Waals surface area (Å²) >= 11 is 0. The number of carbonyl (C=O) groups excluding carboxylic acids is 2. The Hall–Kier alpha value is -4.24. The fourth-order valence-corrected chi connectivity index (χ4v) is 5.57. The number of fused-ring (bicyclic) bond motifs is 1. The highest BCUT2D eigenvalue weighted by atomic mass is 16.5. The number of nitrogens with zero attached hydrogens (tertiary/aromatic N) is 3. The van der Waals surface area contributed by atoms with Crippen LogP contribution in [0.15, 0.2) is 73.7 Å². The number of pyridine rings is 1. The van der Waals surface area contributed by atoms with Gasteiger partial charge in [-0.05, 0) is 44.4 Å². The molecule has 0 bridgehead atoms. The van der Waals surface area contributed by atoms with Gasteiger partial charge in [-0.15, -0.1) is 0 Å².